The third-order valence-corrected chi connectivity index (χ3v) is 4.72. The summed E-state index contributed by atoms with van der Waals surface area (Å²) in [5.74, 6) is 1.53. The lowest BCUT2D eigenvalue weighted by atomic mass is 9.84. The van der Waals surface area contributed by atoms with Crippen LogP contribution in [0.2, 0.25) is 0 Å². The van der Waals surface area contributed by atoms with Crippen molar-refractivity contribution in [2.45, 2.75) is 44.7 Å². The molecule has 2 rings (SSSR count). The summed E-state index contributed by atoms with van der Waals surface area (Å²) in [5, 5.41) is 3.38. The fourth-order valence-electron chi connectivity index (χ4n) is 3.55. The quantitative estimate of drug-likeness (QED) is 0.810. The Morgan fingerprint density at radius 1 is 1.24 bits per heavy atom. The summed E-state index contributed by atoms with van der Waals surface area (Å²) in [4.78, 5) is 2.59. The topological polar surface area (TPSA) is 24.5 Å². The number of hydrogen-bond acceptors (Lipinski definition) is 3. The van der Waals surface area contributed by atoms with Gasteiger partial charge in [-0.25, -0.2) is 0 Å². The maximum atomic E-state index is 5.59. The zero-order valence-electron chi connectivity index (χ0n) is 11.6. The Morgan fingerprint density at radius 2 is 2.00 bits per heavy atom. The normalized spacial score (nSPS) is 38.8. The van der Waals surface area contributed by atoms with Gasteiger partial charge in [-0.15, -0.1) is 0 Å². The van der Waals surface area contributed by atoms with Crippen molar-refractivity contribution >= 4 is 0 Å². The average Bonchev–Trinajstić information content (AvgIpc) is 2.76. The lowest BCUT2D eigenvalue weighted by Crippen LogP contribution is -2.45. The second-order valence-electron chi connectivity index (χ2n) is 5.96. The van der Waals surface area contributed by atoms with Crippen LogP contribution in [0.3, 0.4) is 0 Å². The zero-order valence-corrected chi connectivity index (χ0v) is 11.6. The van der Waals surface area contributed by atoms with E-state index in [1.165, 1.54) is 32.2 Å². The number of likely N-dealkylation sites (N-methyl/N-ethyl adjacent to an activating group) is 1. The van der Waals surface area contributed by atoms with E-state index in [4.69, 9.17) is 4.74 Å². The molecule has 0 aromatic carbocycles. The van der Waals surface area contributed by atoms with Crippen molar-refractivity contribution < 1.29 is 4.74 Å². The first kappa shape index (κ1) is 13.3. The van der Waals surface area contributed by atoms with E-state index in [9.17, 15) is 0 Å². The smallest absolute Gasteiger partial charge is 0.0623 e. The molecule has 1 aliphatic heterocycles. The van der Waals surface area contributed by atoms with Crippen molar-refractivity contribution in [2.75, 3.05) is 33.9 Å². The van der Waals surface area contributed by atoms with Crippen LogP contribution >= 0.6 is 0 Å². The summed E-state index contributed by atoms with van der Waals surface area (Å²) in [6, 6.07) is 1.35. The molecule has 0 spiro atoms. The van der Waals surface area contributed by atoms with Gasteiger partial charge in [0.05, 0.1) is 13.2 Å². The highest BCUT2D eigenvalue weighted by Crippen LogP contribution is 2.28. The highest BCUT2D eigenvalue weighted by molar-refractivity contribution is 4.86. The largest absolute Gasteiger partial charge is 0.379 e. The first-order valence-corrected chi connectivity index (χ1v) is 7.17. The van der Waals surface area contributed by atoms with E-state index >= 15 is 0 Å². The van der Waals surface area contributed by atoms with Gasteiger partial charge >= 0.3 is 0 Å². The Balaban J connectivity index is 1.84. The molecule has 3 heteroatoms. The molecule has 4 unspecified atom stereocenters. The SMILES string of the molecule is CNC1COCC1CN(C)C1CCCCC1C. The Hall–Kier alpha value is -0.120. The minimum Gasteiger partial charge on any atom is -0.379 e. The van der Waals surface area contributed by atoms with Crippen LogP contribution in [0.5, 0.6) is 0 Å². The van der Waals surface area contributed by atoms with Crippen LogP contribution in [0, 0.1) is 11.8 Å². The van der Waals surface area contributed by atoms with Crippen molar-refractivity contribution in [3.8, 4) is 0 Å². The number of nitrogens with zero attached hydrogens (tertiary/aromatic N) is 1. The third kappa shape index (κ3) is 3.21. The van der Waals surface area contributed by atoms with E-state index in [2.05, 4.69) is 31.2 Å². The lowest BCUT2D eigenvalue weighted by molar-refractivity contribution is 0.111. The molecule has 0 amide bonds. The molecular weight excluding hydrogens is 212 g/mol. The molecule has 0 radical (unpaired) electrons. The zero-order chi connectivity index (χ0) is 12.3. The molecule has 4 atom stereocenters. The van der Waals surface area contributed by atoms with Gasteiger partial charge in [0, 0.05) is 24.5 Å². The Kier molecular flexibility index (Phi) is 4.83. The van der Waals surface area contributed by atoms with Gasteiger partial charge in [0.25, 0.3) is 0 Å². The average molecular weight is 240 g/mol. The van der Waals surface area contributed by atoms with E-state index in [-0.39, 0.29) is 0 Å². The third-order valence-electron chi connectivity index (χ3n) is 4.72. The van der Waals surface area contributed by atoms with Crippen molar-refractivity contribution in [1.29, 1.82) is 0 Å². The molecule has 100 valence electrons. The van der Waals surface area contributed by atoms with E-state index < -0.39 is 0 Å². The summed E-state index contributed by atoms with van der Waals surface area (Å²) < 4.78 is 5.59. The van der Waals surface area contributed by atoms with Gasteiger partial charge in [-0.1, -0.05) is 19.8 Å². The maximum absolute atomic E-state index is 5.59. The molecule has 1 saturated heterocycles. The molecule has 0 aromatic rings. The van der Waals surface area contributed by atoms with Crippen molar-refractivity contribution in [2.24, 2.45) is 11.8 Å². The fraction of sp³-hybridized carbons (Fsp3) is 1.00. The molecule has 1 heterocycles. The Bertz CT molecular complexity index is 234. The fourth-order valence-corrected chi connectivity index (χ4v) is 3.55. The van der Waals surface area contributed by atoms with Gasteiger partial charge in [0.15, 0.2) is 0 Å². The van der Waals surface area contributed by atoms with Crippen LogP contribution in [-0.4, -0.2) is 50.8 Å². The predicted molar refractivity (Wildman–Crippen MR) is 71.2 cm³/mol. The molecule has 0 bridgehead atoms. The molecule has 3 nitrogen and oxygen atoms in total. The van der Waals surface area contributed by atoms with Gasteiger partial charge in [0.2, 0.25) is 0 Å². The van der Waals surface area contributed by atoms with E-state index in [0.29, 0.717) is 12.0 Å². The minimum atomic E-state index is 0.552. The maximum Gasteiger partial charge on any atom is 0.0623 e. The van der Waals surface area contributed by atoms with Gasteiger partial charge < -0.3 is 15.0 Å². The molecular formula is C14H28N2O. The summed E-state index contributed by atoms with van der Waals surface area (Å²) in [5.41, 5.74) is 0. The first-order chi connectivity index (χ1) is 8.22. The summed E-state index contributed by atoms with van der Waals surface area (Å²) in [6.45, 7) is 5.41. The first-order valence-electron chi connectivity index (χ1n) is 7.17. The van der Waals surface area contributed by atoms with Gasteiger partial charge in [-0.2, -0.15) is 0 Å². The van der Waals surface area contributed by atoms with Gasteiger partial charge in [-0.3, -0.25) is 0 Å². The summed E-state index contributed by atoms with van der Waals surface area (Å²) in [6.07, 6.45) is 5.63. The van der Waals surface area contributed by atoms with Crippen molar-refractivity contribution in [1.82, 2.24) is 10.2 Å². The molecule has 17 heavy (non-hydrogen) atoms. The molecule has 1 saturated carbocycles. The Morgan fingerprint density at radius 3 is 2.71 bits per heavy atom. The monoisotopic (exact) mass is 240 g/mol. The molecule has 2 fully saturated rings. The molecule has 2 aliphatic rings. The van der Waals surface area contributed by atoms with Crippen LogP contribution < -0.4 is 5.32 Å². The summed E-state index contributed by atoms with van der Waals surface area (Å²) >= 11 is 0. The molecule has 0 aromatic heterocycles. The van der Waals surface area contributed by atoms with Crippen LogP contribution in [0.4, 0.5) is 0 Å². The predicted octanol–water partition coefficient (Wildman–Crippen LogP) is 1.73. The summed E-state index contributed by atoms with van der Waals surface area (Å²) in [7, 11) is 4.35. The highest BCUT2D eigenvalue weighted by Gasteiger charge is 2.31. The second-order valence-corrected chi connectivity index (χ2v) is 5.96. The Labute approximate surface area is 106 Å². The number of ether oxygens (including phenoxy) is 1. The second kappa shape index (κ2) is 6.17. The van der Waals surface area contributed by atoms with Crippen LogP contribution in [0.15, 0.2) is 0 Å². The van der Waals surface area contributed by atoms with Gasteiger partial charge in [-0.05, 0) is 32.9 Å². The van der Waals surface area contributed by atoms with Crippen molar-refractivity contribution in [3.05, 3.63) is 0 Å². The van der Waals surface area contributed by atoms with E-state index in [1.807, 2.05) is 0 Å². The lowest BCUT2D eigenvalue weighted by Gasteiger charge is -2.38. The standard InChI is InChI=1S/C14H28N2O/c1-11-6-4-5-7-14(11)16(3)8-12-9-17-10-13(12)15-2/h11-15H,4-10H2,1-3H3. The number of hydrogen-bond donors (Lipinski definition) is 1. The van der Waals surface area contributed by atoms with E-state index in [0.717, 1.165) is 25.2 Å². The molecule has 1 N–H and O–H groups in total. The van der Waals surface area contributed by atoms with Gasteiger partial charge in [0.1, 0.15) is 0 Å². The van der Waals surface area contributed by atoms with E-state index in [1.54, 1.807) is 0 Å². The van der Waals surface area contributed by atoms with Crippen LogP contribution in [0.1, 0.15) is 32.6 Å². The van der Waals surface area contributed by atoms with Crippen LogP contribution in [-0.2, 0) is 4.74 Å². The number of nitrogens with one attached hydrogen (secondary N) is 1. The minimum absolute atomic E-state index is 0.552. The van der Waals surface area contributed by atoms with Crippen LogP contribution in [0.25, 0.3) is 0 Å². The molecule has 1 aliphatic carbocycles. The van der Waals surface area contributed by atoms with Crippen molar-refractivity contribution in [3.63, 3.8) is 0 Å². The highest BCUT2D eigenvalue weighted by atomic mass is 16.5. The number of rotatable bonds is 4.